The molecule has 2 heterocycles. The molecule has 220 valence electrons. The van der Waals surface area contributed by atoms with Gasteiger partial charge in [-0.15, -0.1) is 10.2 Å². The van der Waals surface area contributed by atoms with Gasteiger partial charge < -0.3 is 23.9 Å². The second kappa shape index (κ2) is 12.7. The second-order valence-corrected chi connectivity index (χ2v) is 10.0. The largest absolute Gasteiger partial charge is 0.511 e. The number of rotatable bonds is 11. The van der Waals surface area contributed by atoms with Gasteiger partial charge in [0.15, 0.2) is 11.5 Å². The van der Waals surface area contributed by atoms with Crippen molar-refractivity contribution in [1.82, 2.24) is 25.1 Å². The SMILES string of the molecule is COC(=O)OC(Oc1c(C(=O)CCc2ccc(F)cc2)nc(C(C)(C)NC(=O)c2nnc(C)o2)n(C)c1=O)C(C)C. The first kappa shape index (κ1) is 30.9. The van der Waals surface area contributed by atoms with Gasteiger partial charge in [-0.2, -0.15) is 0 Å². The van der Waals surface area contributed by atoms with Crippen molar-refractivity contribution in [2.24, 2.45) is 13.0 Å². The quantitative estimate of drug-likeness (QED) is 0.203. The van der Waals surface area contributed by atoms with Gasteiger partial charge >= 0.3 is 18.0 Å². The number of amides is 1. The molecule has 0 aliphatic carbocycles. The maximum absolute atomic E-state index is 13.6. The Balaban J connectivity index is 2.05. The molecule has 2 aromatic heterocycles. The Labute approximate surface area is 235 Å². The van der Waals surface area contributed by atoms with Crippen LogP contribution in [0.25, 0.3) is 0 Å². The Morgan fingerprint density at radius 3 is 2.37 bits per heavy atom. The fourth-order valence-electron chi connectivity index (χ4n) is 3.80. The molecule has 1 atom stereocenters. The number of Topliss-reactive ketones (excluding diaryl/α,β-unsaturated/α-hetero) is 1. The molecule has 1 aromatic carbocycles. The Morgan fingerprint density at radius 2 is 1.80 bits per heavy atom. The standard InChI is InChI=1S/C27H32FN5O8/c1-14(2)24(41-26(37)38-7)40-20-19(18(34)13-10-16-8-11-17(28)12-9-16)29-25(33(6)23(20)36)27(4,5)30-21(35)22-32-31-15(3)39-22/h8-9,11-12,14,24H,10,13H2,1-7H3,(H,30,35). The van der Waals surface area contributed by atoms with Crippen molar-refractivity contribution < 1.29 is 37.4 Å². The lowest BCUT2D eigenvalue weighted by Gasteiger charge is -2.28. The summed E-state index contributed by atoms with van der Waals surface area (Å²) in [6.45, 7) is 8.01. The number of nitrogens with one attached hydrogen (secondary N) is 1. The summed E-state index contributed by atoms with van der Waals surface area (Å²) in [6, 6.07) is 5.63. The van der Waals surface area contributed by atoms with Gasteiger partial charge in [-0.05, 0) is 38.0 Å². The predicted octanol–water partition coefficient (Wildman–Crippen LogP) is 3.24. The van der Waals surface area contributed by atoms with Crippen molar-refractivity contribution in [2.75, 3.05) is 7.11 Å². The van der Waals surface area contributed by atoms with Crippen LogP contribution in [0.2, 0.25) is 0 Å². The maximum atomic E-state index is 13.6. The summed E-state index contributed by atoms with van der Waals surface area (Å²) < 4.78 is 35.1. The number of ketones is 1. The van der Waals surface area contributed by atoms with Gasteiger partial charge in [-0.1, -0.05) is 26.0 Å². The molecule has 3 aromatic rings. The number of aryl methyl sites for hydroxylation is 2. The van der Waals surface area contributed by atoms with Crippen molar-refractivity contribution in [3.63, 3.8) is 0 Å². The molecule has 0 saturated carbocycles. The molecule has 0 radical (unpaired) electrons. The molecule has 14 heteroatoms. The Morgan fingerprint density at radius 1 is 1.15 bits per heavy atom. The number of benzene rings is 1. The lowest BCUT2D eigenvalue weighted by Crippen LogP contribution is -2.46. The van der Waals surface area contributed by atoms with E-state index in [-0.39, 0.29) is 36.1 Å². The number of methoxy groups -OCH3 is 1. The monoisotopic (exact) mass is 573 g/mol. The highest BCUT2D eigenvalue weighted by atomic mass is 19.1. The zero-order valence-corrected chi connectivity index (χ0v) is 23.8. The van der Waals surface area contributed by atoms with E-state index in [0.29, 0.717) is 5.56 Å². The highest BCUT2D eigenvalue weighted by molar-refractivity contribution is 5.97. The van der Waals surface area contributed by atoms with Gasteiger partial charge in [-0.3, -0.25) is 19.0 Å². The fourth-order valence-corrected chi connectivity index (χ4v) is 3.80. The number of aromatic nitrogens is 4. The zero-order valence-electron chi connectivity index (χ0n) is 23.8. The number of nitrogens with zero attached hydrogens (tertiary/aromatic N) is 4. The lowest BCUT2D eigenvalue weighted by atomic mass is 10.0. The van der Waals surface area contributed by atoms with Crippen molar-refractivity contribution in [3.8, 4) is 5.75 Å². The highest BCUT2D eigenvalue weighted by Gasteiger charge is 2.34. The highest BCUT2D eigenvalue weighted by Crippen LogP contribution is 2.24. The number of hydrogen-bond donors (Lipinski definition) is 1. The van der Waals surface area contributed by atoms with Crippen LogP contribution in [0.15, 0.2) is 33.5 Å². The second-order valence-electron chi connectivity index (χ2n) is 10.0. The first-order valence-electron chi connectivity index (χ1n) is 12.7. The van der Waals surface area contributed by atoms with Crippen molar-refractivity contribution in [2.45, 2.75) is 59.3 Å². The third-order valence-electron chi connectivity index (χ3n) is 5.93. The van der Waals surface area contributed by atoms with Gasteiger partial charge in [0, 0.05) is 26.3 Å². The van der Waals surface area contributed by atoms with Crippen LogP contribution in [0, 0.1) is 18.7 Å². The third kappa shape index (κ3) is 7.52. The molecule has 41 heavy (non-hydrogen) atoms. The molecule has 3 rings (SSSR count). The average molecular weight is 574 g/mol. The van der Waals surface area contributed by atoms with E-state index in [4.69, 9.17) is 13.9 Å². The van der Waals surface area contributed by atoms with Crippen molar-refractivity contribution in [1.29, 1.82) is 0 Å². The van der Waals surface area contributed by atoms with Crippen molar-refractivity contribution in [3.05, 3.63) is 69.3 Å². The minimum Gasteiger partial charge on any atom is -0.446 e. The van der Waals surface area contributed by atoms with E-state index in [9.17, 15) is 23.6 Å². The summed E-state index contributed by atoms with van der Waals surface area (Å²) in [4.78, 5) is 56.2. The lowest BCUT2D eigenvalue weighted by molar-refractivity contribution is -0.0851. The molecule has 1 amide bonds. The van der Waals surface area contributed by atoms with Gasteiger partial charge in [-0.25, -0.2) is 14.2 Å². The molecule has 0 bridgehead atoms. The molecule has 1 unspecified atom stereocenters. The van der Waals surface area contributed by atoms with Gasteiger partial charge in [0.1, 0.15) is 11.6 Å². The Hall–Kier alpha value is -4.62. The molecule has 0 aliphatic rings. The summed E-state index contributed by atoms with van der Waals surface area (Å²) in [5.74, 6) is -2.71. The number of carbonyl (C=O) groups is 3. The van der Waals surface area contributed by atoms with E-state index in [1.165, 1.54) is 26.1 Å². The van der Waals surface area contributed by atoms with Crippen LogP contribution in [0.5, 0.6) is 5.75 Å². The summed E-state index contributed by atoms with van der Waals surface area (Å²) in [5.41, 5.74) is -1.74. The molecule has 0 aliphatic heterocycles. The van der Waals surface area contributed by atoms with E-state index in [1.54, 1.807) is 39.8 Å². The van der Waals surface area contributed by atoms with Gasteiger partial charge in [0.25, 0.3) is 11.8 Å². The maximum Gasteiger partial charge on any atom is 0.511 e. The van der Waals surface area contributed by atoms with Crippen LogP contribution in [-0.4, -0.2) is 51.0 Å². The van der Waals surface area contributed by atoms with Crippen LogP contribution < -0.4 is 15.6 Å². The van der Waals surface area contributed by atoms with E-state index in [0.717, 1.165) is 11.7 Å². The van der Waals surface area contributed by atoms with Crippen LogP contribution in [-0.2, 0) is 28.5 Å². The summed E-state index contributed by atoms with van der Waals surface area (Å²) >= 11 is 0. The van der Waals surface area contributed by atoms with Crippen LogP contribution >= 0.6 is 0 Å². The molecule has 1 N–H and O–H groups in total. The van der Waals surface area contributed by atoms with Gasteiger partial charge in [0.2, 0.25) is 11.6 Å². The minimum atomic E-state index is -1.32. The van der Waals surface area contributed by atoms with Gasteiger partial charge in [0.05, 0.1) is 12.6 Å². The Bertz CT molecular complexity index is 1480. The number of carbonyl (C=O) groups excluding carboxylic acids is 3. The summed E-state index contributed by atoms with van der Waals surface area (Å²) in [6.07, 6.45) is -2.23. The zero-order chi connectivity index (χ0) is 30.5. The molecular formula is C27H32FN5O8. The van der Waals surface area contributed by atoms with Crippen LogP contribution in [0.1, 0.15) is 72.6 Å². The normalized spacial score (nSPS) is 12.1. The van der Waals surface area contributed by atoms with Crippen LogP contribution in [0.3, 0.4) is 0 Å². The predicted molar refractivity (Wildman–Crippen MR) is 141 cm³/mol. The molecule has 13 nitrogen and oxygen atoms in total. The van der Waals surface area contributed by atoms with Crippen molar-refractivity contribution >= 4 is 17.8 Å². The fraction of sp³-hybridized carbons (Fsp3) is 0.444. The smallest absolute Gasteiger partial charge is 0.446 e. The van der Waals surface area contributed by atoms with E-state index < -0.39 is 52.7 Å². The topological polar surface area (TPSA) is 165 Å². The number of hydrogen-bond acceptors (Lipinski definition) is 11. The van der Waals surface area contributed by atoms with E-state index >= 15 is 0 Å². The first-order chi connectivity index (χ1) is 19.2. The van der Waals surface area contributed by atoms with E-state index in [1.807, 2.05) is 0 Å². The molecular weight excluding hydrogens is 541 g/mol. The van der Waals surface area contributed by atoms with Crippen LogP contribution in [0.4, 0.5) is 9.18 Å². The molecule has 0 saturated heterocycles. The molecule has 0 fully saturated rings. The minimum absolute atomic E-state index is 0.0135. The summed E-state index contributed by atoms with van der Waals surface area (Å²) in [7, 11) is 2.51. The Kier molecular flexibility index (Phi) is 9.58. The number of ether oxygens (including phenoxy) is 3. The third-order valence-corrected chi connectivity index (χ3v) is 5.93. The summed E-state index contributed by atoms with van der Waals surface area (Å²) in [5, 5.41) is 10.0. The first-order valence-corrected chi connectivity index (χ1v) is 12.7. The number of halogens is 1. The molecule has 0 spiro atoms. The average Bonchev–Trinajstić information content (AvgIpc) is 3.36. The van der Waals surface area contributed by atoms with E-state index in [2.05, 4.69) is 25.2 Å².